The molecule has 0 aliphatic heterocycles. The van der Waals surface area contributed by atoms with Crippen molar-refractivity contribution in [2.45, 2.75) is 18.2 Å². The second-order valence-electron chi connectivity index (χ2n) is 5.21. The summed E-state index contributed by atoms with van der Waals surface area (Å²) in [5.41, 5.74) is 1.89. The number of thiazole rings is 1. The van der Waals surface area contributed by atoms with Crippen molar-refractivity contribution < 1.29 is 4.79 Å². The number of halogens is 2. The number of nitrogens with one attached hydrogen (secondary N) is 1. The number of benzene rings is 2. The lowest BCUT2D eigenvalue weighted by Crippen LogP contribution is -2.11. The predicted molar refractivity (Wildman–Crippen MR) is 105 cm³/mol. The molecule has 124 valence electrons. The van der Waals surface area contributed by atoms with Crippen molar-refractivity contribution in [2.24, 2.45) is 0 Å². The van der Waals surface area contributed by atoms with E-state index in [9.17, 15) is 4.79 Å². The molecule has 0 bridgehead atoms. The van der Waals surface area contributed by atoms with Gasteiger partial charge in [0.25, 0.3) is 0 Å². The Labute approximate surface area is 158 Å². The number of aryl methyl sites for hydroxylation is 1. The van der Waals surface area contributed by atoms with Crippen molar-refractivity contribution in [3.8, 4) is 0 Å². The van der Waals surface area contributed by atoms with Crippen LogP contribution in [0.25, 0.3) is 10.2 Å². The standard InChI is InChI=1S/C17H14Cl2N2OS2/c1-10-2-4-12(5-3-10)23-7-6-15(22)20-17-21-16-13(19)8-11(18)9-14(16)24-17/h2-5,8-9H,6-7H2,1H3,(H,20,21,22). The summed E-state index contributed by atoms with van der Waals surface area (Å²) >= 11 is 15.1. The number of amides is 1. The first kappa shape index (κ1) is 17.5. The van der Waals surface area contributed by atoms with Crippen LogP contribution in [0.5, 0.6) is 0 Å². The molecule has 3 nitrogen and oxygen atoms in total. The fourth-order valence-corrected chi connectivity index (χ4v) is 4.54. The highest BCUT2D eigenvalue weighted by Crippen LogP contribution is 2.33. The van der Waals surface area contributed by atoms with E-state index >= 15 is 0 Å². The number of anilines is 1. The smallest absolute Gasteiger partial charge is 0.226 e. The molecule has 0 aliphatic rings. The summed E-state index contributed by atoms with van der Waals surface area (Å²) in [6.07, 6.45) is 0.420. The zero-order chi connectivity index (χ0) is 17.1. The van der Waals surface area contributed by atoms with Crippen LogP contribution in [0.3, 0.4) is 0 Å². The molecule has 0 radical (unpaired) electrons. The van der Waals surface area contributed by atoms with Crippen molar-refractivity contribution in [3.63, 3.8) is 0 Å². The van der Waals surface area contributed by atoms with Crippen molar-refractivity contribution in [2.75, 3.05) is 11.1 Å². The van der Waals surface area contributed by atoms with Gasteiger partial charge in [0.15, 0.2) is 5.13 Å². The van der Waals surface area contributed by atoms with E-state index in [0.29, 0.717) is 32.9 Å². The Morgan fingerprint density at radius 1 is 1.25 bits per heavy atom. The SMILES string of the molecule is Cc1ccc(SCCC(=O)Nc2nc3c(Cl)cc(Cl)cc3s2)cc1. The fraction of sp³-hybridized carbons (Fsp3) is 0.176. The minimum atomic E-state index is -0.0594. The third-order valence-corrected chi connectivity index (χ3v) is 5.72. The van der Waals surface area contributed by atoms with Crippen LogP contribution in [0.2, 0.25) is 10.0 Å². The van der Waals surface area contributed by atoms with E-state index in [2.05, 4.69) is 41.5 Å². The van der Waals surface area contributed by atoms with Gasteiger partial charge >= 0.3 is 0 Å². The van der Waals surface area contributed by atoms with Gasteiger partial charge in [-0.2, -0.15) is 0 Å². The maximum Gasteiger partial charge on any atom is 0.226 e. The molecule has 24 heavy (non-hydrogen) atoms. The van der Waals surface area contributed by atoms with Crippen LogP contribution < -0.4 is 5.32 Å². The lowest BCUT2D eigenvalue weighted by Gasteiger charge is -2.02. The van der Waals surface area contributed by atoms with E-state index in [0.717, 1.165) is 9.60 Å². The quantitative estimate of drug-likeness (QED) is 0.535. The van der Waals surface area contributed by atoms with Crippen molar-refractivity contribution >= 4 is 67.6 Å². The topological polar surface area (TPSA) is 42.0 Å². The monoisotopic (exact) mass is 396 g/mol. The molecule has 2 aromatic carbocycles. The summed E-state index contributed by atoms with van der Waals surface area (Å²) in [4.78, 5) is 17.6. The Balaban J connectivity index is 1.57. The van der Waals surface area contributed by atoms with Crippen molar-refractivity contribution in [1.29, 1.82) is 0 Å². The predicted octanol–water partition coefficient (Wildman–Crippen LogP) is 6.03. The fourth-order valence-electron chi connectivity index (χ4n) is 2.09. The van der Waals surface area contributed by atoms with Crippen LogP contribution in [0.15, 0.2) is 41.3 Å². The zero-order valence-electron chi connectivity index (χ0n) is 12.8. The minimum absolute atomic E-state index is 0.0594. The molecular weight excluding hydrogens is 383 g/mol. The first-order chi connectivity index (χ1) is 11.5. The van der Waals surface area contributed by atoms with Gasteiger partial charge in [-0.1, -0.05) is 52.2 Å². The van der Waals surface area contributed by atoms with Crippen molar-refractivity contribution in [3.05, 3.63) is 52.0 Å². The van der Waals surface area contributed by atoms with Crippen LogP contribution in [0.4, 0.5) is 5.13 Å². The number of fused-ring (bicyclic) bond motifs is 1. The maximum atomic E-state index is 12.1. The van der Waals surface area contributed by atoms with Crippen LogP contribution in [0, 0.1) is 6.92 Å². The zero-order valence-corrected chi connectivity index (χ0v) is 16.0. The number of rotatable bonds is 5. The van der Waals surface area contributed by atoms with E-state index in [4.69, 9.17) is 23.2 Å². The van der Waals surface area contributed by atoms with Gasteiger partial charge in [-0.3, -0.25) is 4.79 Å². The highest BCUT2D eigenvalue weighted by molar-refractivity contribution is 7.99. The third-order valence-electron chi connectivity index (χ3n) is 3.28. The number of hydrogen-bond donors (Lipinski definition) is 1. The summed E-state index contributed by atoms with van der Waals surface area (Å²) in [7, 11) is 0. The van der Waals surface area contributed by atoms with Crippen LogP contribution in [-0.4, -0.2) is 16.6 Å². The Morgan fingerprint density at radius 3 is 2.75 bits per heavy atom. The number of carbonyl (C=O) groups is 1. The molecule has 0 atom stereocenters. The molecule has 1 aromatic heterocycles. The summed E-state index contributed by atoms with van der Waals surface area (Å²) in [6, 6.07) is 11.7. The highest BCUT2D eigenvalue weighted by atomic mass is 35.5. The van der Waals surface area contributed by atoms with E-state index in [1.54, 1.807) is 23.9 Å². The van der Waals surface area contributed by atoms with Gasteiger partial charge in [-0.15, -0.1) is 11.8 Å². The van der Waals surface area contributed by atoms with Gasteiger partial charge in [0.1, 0.15) is 5.52 Å². The average Bonchev–Trinajstić information content (AvgIpc) is 2.92. The molecule has 1 heterocycles. The van der Waals surface area contributed by atoms with Gasteiger partial charge in [0.2, 0.25) is 5.91 Å². The van der Waals surface area contributed by atoms with Crippen LogP contribution in [-0.2, 0) is 4.79 Å². The minimum Gasteiger partial charge on any atom is -0.302 e. The molecule has 7 heteroatoms. The first-order valence-corrected chi connectivity index (χ1v) is 9.82. The molecule has 0 aliphatic carbocycles. The van der Waals surface area contributed by atoms with Gasteiger partial charge in [-0.25, -0.2) is 4.98 Å². The summed E-state index contributed by atoms with van der Waals surface area (Å²) < 4.78 is 0.858. The Kier molecular flexibility index (Phi) is 5.66. The Hall–Kier alpha value is -1.27. The van der Waals surface area contributed by atoms with Gasteiger partial charge < -0.3 is 5.32 Å². The largest absolute Gasteiger partial charge is 0.302 e. The first-order valence-electron chi connectivity index (χ1n) is 7.26. The van der Waals surface area contributed by atoms with E-state index in [1.165, 1.54) is 16.9 Å². The van der Waals surface area contributed by atoms with E-state index < -0.39 is 0 Å². The van der Waals surface area contributed by atoms with E-state index in [1.807, 2.05) is 0 Å². The number of hydrogen-bond acceptors (Lipinski definition) is 4. The maximum absolute atomic E-state index is 12.1. The Bertz CT molecular complexity index is 878. The molecule has 0 fully saturated rings. The average molecular weight is 397 g/mol. The summed E-state index contributed by atoms with van der Waals surface area (Å²) in [5.74, 6) is 0.655. The molecule has 0 saturated carbocycles. The molecular formula is C17H14Cl2N2OS2. The molecule has 0 unspecified atom stereocenters. The number of nitrogens with zero attached hydrogens (tertiary/aromatic N) is 1. The molecule has 3 aromatic rings. The van der Waals surface area contributed by atoms with Crippen LogP contribution in [0.1, 0.15) is 12.0 Å². The highest BCUT2D eigenvalue weighted by Gasteiger charge is 2.11. The molecule has 0 saturated heterocycles. The second kappa shape index (κ2) is 7.74. The number of aromatic nitrogens is 1. The van der Waals surface area contributed by atoms with Crippen LogP contribution >= 0.6 is 46.3 Å². The molecule has 1 amide bonds. The number of thioether (sulfide) groups is 1. The summed E-state index contributed by atoms with van der Waals surface area (Å²) in [6.45, 7) is 2.05. The lowest BCUT2D eigenvalue weighted by molar-refractivity contribution is -0.115. The Morgan fingerprint density at radius 2 is 2.00 bits per heavy atom. The third kappa shape index (κ3) is 4.42. The van der Waals surface area contributed by atoms with Gasteiger partial charge in [0, 0.05) is 22.1 Å². The van der Waals surface area contributed by atoms with Gasteiger partial charge in [-0.05, 0) is 31.2 Å². The number of carbonyl (C=O) groups excluding carboxylic acids is 1. The lowest BCUT2D eigenvalue weighted by atomic mass is 10.2. The molecule has 0 spiro atoms. The van der Waals surface area contributed by atoms with Crippen molar-refractivity contribution in [1.82, 2.24) is 4.98 Å². The van der Waals surface area contributed by atoms with E-state index in [-0.39, 0.29) is 5.91 Å². The second-order valence-corrected chi connectivity index (χ2v) is 8.26. The summed E-state index contributed by atoms with van der Waals surface area (Å²) in [5, 5.41) is 4.42. The molecule has 3 rings (SSSR count). The molecule has 1 N–H and O–H groups in total. The normalized spacial score (nSPS) is 11.0. The van der Waals surface area contributed by atoms with Gasteiger partial charge in [0.05, 0.1) is 9.72 Å².